The summed E-state index contributed by atoms with van der Waals surface area (Å²) in [6, 6.07) is 11.2. The number of benzene rings is 2. The van der Waals surface area contributed by atoms with Crippen LogP contribution in [0.1, 0.15) is 51.3 Å². The topological polar surface area (TPSA) is 59.8 Å². The highest BCUT2D eigenvalue weighted by molar-refractivity contribution is 6.31. The van der Waals surface area contributed by atoms with Gasteiger partial charge in [0, 0.05) is 41.9 Å². The Morgan fingerprint density at radius 2 is 1.87 bits per heavy atom. The van der Waals surface area contributed by atoms with Gasteiger partial charge in [0.2, 0.25) is 0 Å². The number of nitrogens with zero attached hydrogens (tertiary/aromatic N) is 1. The lowest BCUT2D eigenvalue weighted by molar-refractivity contribution is -0.00641. The minimum absolute atomic E-state index is 0.0473. The first-order chi connectivity index (χ1) is 14.4. The fourth-order valence-corrected chi connectivity index (χ4v) is 4.70. The smallest absolute Gasteiger partial charge is 0.289 e. The zero-order valence-corrected chi connectivity index (χ0v) is 17.7. The van der Waals surface area contributed by atoms with Crippen molar-refractivity contribution in [1.82, 2.24) is 4.90 Å². The molecule has 0 N–H and O–H groups in total. The number of halogens is 1. The summed E-state index contributed by atoms with van der Waals surface area (Å²) in [6.45, 7) is 4.85. The number of carbonyl (C=O) groups excluding carboxylic acids is 2. The molecule has 5 rings (SSSR count). The van der Waals surface area contributed by atoms with E-state index in [-0.39, 0.29) is 11.7 Å². The molecule has 6 heteroatoms. The normalized spacial score (nSPS) is 17.8. The molecule has 0 aliphatic carbocycles. The maximum Gasteiger partial charge on any atom is 0.289 e. The van der Waals surface area contributed by atoms with Crippen molar-refractivity contribution < 1.29 is 18.7 Å². The minimum atomic E-state index is -0.565. The summed E-state index contributed by atoms with van der Waals surface area (Å²) in [5, 5.41) is 1.53. The number of para-hydroxylation sites is 1. The Kier molecular flexibility index (Phi) is 4.40. The quantitative estimate of drug-likeness (QED) is 0.529. The molecule has 1 saturated heterocycles. The molecule has 3 heterocycles. The fraction of sp³-hybridized carbons (Fsp3) is 0.333. The molecular weight excluding hydrogens is 402 g/mol. The molecule has 1 amide bonds. The number of fused-ring (bicyclic) bond motifs is 2. The van der Waals surface area contributed by atoms with Crippen molar-refractivity contribution in [2.45, 2.75) is 38.7 Å². The Morgan fingerprint density at radius 3 is 2.60 bits per heavy atom. The molecule has 0 radical (unpaired) electrons. The largest absolute Gasteiger partial charge is 0.486 e. The molecule has 5 nitrogen and oxygen atoms in total. The first-order valence-corrected chi connectivity index (χ1v) is 10.5. The summed E-state index contributed by atoms with van der Waals surface area (Å²) in [6.07, 6.45) is 1.51. The number of Topliss-reactive ketones (excluding diaryl/α,β-unsaturated/α-hetero) is 1. The summed E-state index contributed by atoms with van der Waals surface area (Å²) >= 11 is 6.18. The van der Waals surface area contributed by atoms with Crippen LogP contribution in [0.2, 0.25) is 5.02 Å². The van der Waals surface area contributed by atoms with Crippen LogP contribution in [0.4, 0.5) is 0 Å². The lowest BCUT2D eigenvalue weighted by Gasteiger charge is -2.43. The van der Waals surface area contributed by atoms with E-state index in [2.05, 4.69) is 0 Å². The van der Waals surface area contributed by atoms with Crippen molar-refractivity contribution >= 4 is 34.3 Å². The molecule has 0 unspecified atom stereocenters. The van der Waals surface area contributed by atoms with Crippen LogP contribution in [0.5, 0.6) is 5.75 Å². The van der Waals surface area contributed by atoms with Crippen molar-refractivity contribution in [3.8, 4) is 5.75 Å². The van der Waals surface area contributed by atoms with Crippen LogP contribution in [0.3, 0.4) is 0 Å². The van der Waals surface area contributed by atoms with Gasteiger partial charge in [-0.15, -0.1) is 0 Å². The monoisotopic (exact) mass is 423 g/mol. The van der Waals surface area contributed by atoms with Crippen molar-refractivity contribution in [2.24, 2.45) is 0 Å². The molecule has 0 bridgehead atoms. The standard InChI is InChI=1S/C24H22ClNO4/c1-14-11-21-17(12-18(14)25)19(27)13-24(30-21)7-9-26(10-8-24)23(28)22-15(2)16-5-3-4-6-20(16)29-22/h3-6,11-12H,7-10,13H2,1-2H3. The molecule has 1 aromatic heterocycles. The SMILES string of the molecule is Cc1cc2c(cc1Cl)C(=O)CC1(CCN(C(=O)c3oc4ccccc4c3C)CC1)O2. The Hall–Kier alpha value is -2.79. The summed E-state index contributed by atoms with van der Waals surface area (Å²) in [7, 11) is 0. The Balaban J connectivity index is 1.36. The average Bonchev–Trinajstić information content (AvgIpc) is 3.07. The minimum Gasteiger partial charge on any atom is -0.486 e. The molecule has 2 aliphatic heterocycles. The molecule has 2 aliphatic rings. The molecule has 3 aromatic rings. The fourth-order valence-electron chi connectivity index (χ4n) is 4.53. The second-order valence-electron chi connectivity index (χ2n) is 8.33. The van der Waals surface area contributed by atoms with Gasteiger partial charge in [-0.2, -0.15) is 0 Å². The molecule has 0 atom stereocenters. The second-order valence-corrected chi connectivity index (χ2v) is 8.73. The van der Waals surface area contributed by atoms with Gasteiger partial charge < -0.3 is 14.1 Å². The van der Waals surface area contributed by atoms with E-state index in [9.17, 15) is 9.59 Å². The number of amides is 1. The van der Waals surface area contributed by atoms with Gasteiger partial charge in [0.1, 0.15) is 16.9 Å². The van der Waals surface area contributed by atoms with E-state index in [1.807, 2.05) is 44.2 Å². The Bertz CT molecular complexity index is 1190. The van der Waals surface area contributed by atoms with Gasteiger partial charge in [-0.25, -0.2) is 0 Å². The summed E-state index contributed by atoms with van der Waals surface area (Å²) in [5.74, 6) is 0.930. The lowest BCUT2D eigenvalue weighted by atomic mass is 9.82. The van der Waals surface area contributed by atoms with E-state index in [1.54, 1.807) is 11.0 Å². The van der Waals surface area contributed by atoms with Gasteiger partial charge in [0.25, 0.3) is 5.91 Å². The summed E-state index contributed by atoms with van der Waals surface area (Å²) in [4.78, 5) is 27.7. The van der Waals surface area contributed by atoms with Crippen molar-refractivity contribution in [2.75, 3.05) is 13.1 Å². The zero-order valence-electron chi connectivity index (χ0n) is 17.0. The predicted molar refractivity (Wildman–Crippen MR) is 115 cm³/mol. The van der Waals surface area contributed by atoms with Crippen LogP contribution in [0, 0.1) is 13.8 Å². The molecule has 2 aromatic carbocycles. The van der Waals surface area contributed by atoms with E-state index in [1.165, 1.54) is 0 Å². The second kappa shape index (κ2) is 6.88. The van der Waals surface area contributed by atoms with Gasteiger partial charge in [0.05, 0.1) is 12.0 Å². The van der Waals surface area contributed by atoms with Crippen LogP contribution in [0.15, 0.2) is 40.8 Å². The lowest BCUT2D eigenvalue weighted by Crippen LogP contribution is -2.52. The van der Waals surface area contributed by atoms with E-state index in [0.717, 1.165) is 22.1 Å². The first kappa shape index (κ1) is 19.2. The van der Waals surface area contributed by atoms with Gasteiger partial charge in [-0.05, 0) is 37.6 Å². The summed E-state index contributed by atoms with van der Waals surface area (Å²) in [5.41, 5.74) is 2.45. The van der Waals surface area contributed by atoms with E-state index < -0.39 is 5.60 Å². The number of carbonyl (C=O) groups is 2. The van der Waals surface area contributed by atoms with E-state index in [0.29, 0.717) is 54.4 Å². The van der Waals surface area contributed by atoms with Crippen LogP contribution >= 0.6 is 11.6 Å². The average molecular weight is 424 g/mol. The third-order valence-corrected chi connectivity index (χ3v) is 6.78. The number of hydrogen-bond acceptors (Lipinski definition) is 4. The number of hydrogen-bond donors (Lipinski definition) is 0. The zero-order chi connectivity index (χ0) is 21.0. The Labute approximate surface area is 179 Å². The molecule has 30 heavy (non-hydrogen) atoms. The van der Waals surface area contributed by atoms with Crippen LogP contribution in [-0.2, 0) is 0 Å². The van der Waals surface area contributed by atoms with E-state index in [4.69, 9.17) is 20.8 Å². The van der Waals surface area contributed by atoms with Crippen LogP contribution < -0.4 is 4.74 Å². The number of ether oxygens (including phenoxy) is 1. The Morgan fingerprint density at radius 1 is 1.13 bits per heavy atom. The van der Waals surface area contributed by atoms with Gasteiger partial charge in [0.15, 0.2) is 11.5 Å². The van der Waals surface area contributed by atoms with Crippen LogP contribution in [0.25, 0.3) is 11.0 Å². The number of furan rings is 1. The third-order valence-electron chi connectivity index (χ3n) is 6.37. The van der Waals surface area contributed by atoms with Crippen LogP contribution in [-0.4, -0.2) is 35.3 Å². The highest BCUT2D eigenvalue weighted by Gasteiger charge is 2.44. The molecule has 1 spiro atoms. The van der Waals surface area contributed by atoms with Crippen molar-refractivity contribution in [3.63, 3.8) is 0 Å². The molecule has 0 saturated carbocycles. The summed E-state index contributed by atoms with van der Waals surface area (Å²) < 4.78 is 12.2. The number of ketones is 1. The van der Waals surface area contributed by atoms with Crippen molar-refractivity contribution in [1.29, 1.82) is 0 Å². The van der Waals surface area contributed by atoms with Gasteiger partial charge >= 0.3 is 0 Å². The number of aryl methyl sites for hydroxylation is 2. The number of rotatable bonds is 1. The molecule has 1 fully saturated rings. The van der Waals surface area contributed by atoms with E-state index >= 15 is 0 Å². The van der Waals surface area contributed by atoms with Gasteiger partial charge in [-0.3, -0.25) is 9.59 Å². The van der Waals surface area contributed by atoms with Crippen molar-refractivity contribution in [3.05, 3.63) is 63.9 Å². The maximum absolute atomic E-state index is 13.1. The maximum atomic E-state index is 13.1. The first-order valence-electron chi connectivity index (χ1n) is 10.2. The number of likely N-dealkylation sites (tertiary alicyclic amines) is 1. The highest BCUT2D eigenvalue weighted by Crippen LogP contribution is 2.41. The van der Waals surface area contributed by atoms with Gasteiger partial charge in [-0.1, -0.05) is 29.8 Å². The predicted octanol–water partition coefficient (Wildman–Crippen LogP) is 5.34. The highest BCUT2D eigenvalue weighted by atomic mass is 35.5. The third kappa shape index (κ3) is 3.00. The molecule has 154 valence electrons. The number of piperidine rings is 1. The molecular formula is C24H22ClNO4.